The molecule has 0 bridgehead atoms. The molecule has 71 heavy (non-hydrogen) atoms. The number of hydroxylamine groups is 2. The molecule has 0 aliphatic carbocycles. The van der Waals surface area contributed by atoms with Crippen molar-refractivity contribution in [2.45, 2.75) is 129 Å². The number of hydrogen-bond acceptors (Lipinski definition) is 13. The second-order valence-corrected chi connectivity index (χ2v) is 20.6. The van der Waals surface area contributed by atoms with Gasteiger partial charge >= 0.3 is 0 Å². The maximum Gasteiger partial charge on any atom is 0.280 e. The second kappa shape index (κ2) is 27.3. The molecule has 1 fully saturated rings. The molecule has 17 nitrogen and oxygen atoms in total. The topological polar surface area (TPSA) is 192 Å². The van der Waals surface area contributed by atoms with Crippen molar-refractivity contribution in [1.82, 2.24) is 35.4 Å². The van der Waals surface area contributed by atoms with Crippen LogP contribution in [0.1, 0.15) is 113 Å². The lowest BCUT2D eigenvalue weighted by Crippen LogP contribution is -2.60. The Labute approximate surface area is 424 Å². The molecule has 18 heteroatoms. The minimum Gasteiger partial charge on any atom is -0.379 e. The van der Waals surface area contributed by atoms with Gasteiger partial charge in [0.25, 0.3) is 5.91 Å². The minimum absolute atomic E-state index is 0.000445. The fourth-order valence-electron chi connectivity index (χ4n) is 10.1. The van der Waals surface area contributed by atoms with Crippen LogP contribution in [0.15, 0.2) is 66.2 Å². The number of ether oxygens (including phenoxy) is 3. The fourth-order valence-corrected chi connectivity index (χ4v) is 10.8. The first-order valence-corrected chi connectivity index (χ1v) is 26.0. The molecule has 1 aromatic heterocycles. The molecular formula is C53H79N7O10S. The predicted octanol–water partition coefficient (Wildman–Crippen LogP) is 5.66. The summed E-state index contributed by atoms with van der Waals surface area (Å²) in [5.74, 6) is -2.37. The highest BCUT2D eigenvalue weighted by molar-refractivity contribution is 7.09. The number of nitrogens with zero attached hydrogens (tertiary/aromatic N) is 5. The molecule has 3 aromatic rings. The number of carbonyl (C=O) groups excluding carboxylic acids is 5. The van der Waals surface area contributed by atoms with Crippen molar-refractivity contribution in [2.75, 3.05) is 61.2 Å². The minimum atomic E-state index is -1.19. The molecule has 3 N–H and O–H groups in total. The van der Waals surface area contributed by atoms with Crippen molar-refractivity contribution in [3.63, 3.8) is 0 Å². The summed E-state index contributed by atoms with van der Waals surface area (Å²) >= 11 is 1.49. The van der Waals surface area contributed by atoms with Gasteiger partial charge in [-0.3, -0.25) is 33.7 Å². The van der Waals surface area contributed by atoms with Gasteiger partial charge in [0.2, 0.25) is 23.6 Å². The average molecular weight is 1010 g/mol. The van der Waals surface area contributed by atoms with Crippen molar-refractivity contribution in [3.05, 3.63) is 87.9 Å². The van der Waals surface area contributed by atoms with E-state index in [0.717, 1.165) is 22.1 Å². The van der Waals surface area contributed by atoms with Gasteiger partial charge in [-0.1, -0.05) is 103 Å². The van der Waals surface area contributed by atoms with E-state index in [0.29, 0.717) is 43.5 Å². The van der Waals surface area contributed by atoms with E-state index in [4.69, 9.17) is 19.0 Å². The second-order valence-electron chi connectivity index (χ2n) is 19.6. The summed E-state index contributed by atoms with van der Waals surface area (Å²) in [6.45, 7) is 15.0. The van der Waals surface area contributed by atoms with Crippen LogP contribution in [-0.4, -0.2) is 157 Å². The van der Waals surface area contributed by atoms with Crippen LogP contribution < -0.4 is 10.6 Å². The van der Waals surface area contributed by atoms with Crippen LogP contribution in [0.25, 0.3) is 0 Å². The molecule has 0 saturated carbocycles. The summed E-state index contributed by atoms with van der Waals surface area (Å²) in [5.41, 5.74) is 1.96. The van der Waals surface area contributed by atoms with Gasteiger partial charge in [-0.15, -0.1) is 11.3 Å². The third-order valence-electron chi connectivity index (χ3n) is 14.2. The van der Waals surface area contributed by atoms with Crippen molar-refractivity contribution in [1.29, 1.82) is 0 Å². The molecule has 1 saturated heterocycles. The zero-order valence-electron chi connectivity index (χ0n) is 43.6. The quantitative estimate of drug-likeness (QED) is 0.0759. The smallest absolute Gasteiger partial charge is 0.280 e. The highest BCUT2D eigenvalue weighted by Crippen LogP contribution is 2.33. The zero-order chi connectivity index (χ0) is 51.9. The molecule has 392 valence electrons. The summed E-state index contributed by atoms with van der Waals surface area (Å²) in [6, 6.07) is 14.1. The number of likely N-dealkylation sites (tertiary alicyclic amines) is 1. The van der Waals surface area contributed by atoms with Gasteiger partial charge in [-0.2, -0.15) is 5.06 Å². The molecule has 2 aliphatic heterocycles. The summed E-state index contributed by atoms with van der Waals surface area (Å²) in [7, 11) is 6.70. The van der Waals surface area contributed by atoms with Crippen LogP contribution in [0, 0.1) is 23.7 Å². The summed E-state index contributed by atoms with van der Waals surface area (Å²) < 4.78 is 18.0. The standard InChI is InChI=1S/C53H79N7O10S/c1-12-35(6)46(42(67-10)32-43(61)59-25-18-23-41(59)47(68-11)36(7)48(62)55-40(50-54-24-30-71-50)31-37-19-14-13-15-20-37)58(9)53(66)44(33(2)3)56-49(63)45(34(4)5)57(8)26-27-69-28-29-70-60-51(64)38-21-16-17-22-39(38)52(60)65/h13-17,19-22,24,30,33-36,40-42,44-47,51,64H,12,18,23,25-29,31-32H2,1-11H3,(H,55,62)(H,56,63)/t35-,36+,40-,41-,42+,44-,45-,46-,47+,51?/m0/s1. The van der Waals surface area contributed by atoms with Crippen LogP contribution in [0.3, 0.4) is 0 Å². The van der Waals surface area contributed by atoms with Gasteiger partial charge in [0.15, 0.2) is 6.23 Å². The van der Waals surface area contributed by atoms with Crippen molar-refractivity contribution < 1.29 is 48.1 Å². The highest BCUT2D eigenvalue weighted by atomic mass is 32.1. The maximum atomic E-state index is 14.7. The Morgan fingerprint density at radius 1 is 0.901 bits per heavy atom. The predicted molar refractivity (Wildman–Crippen MR) is 272 cm³/mol. The van der Waals surface area contributed by atoms with Gasteiger partial charge in [-0.25, -0.2) is 4.98 Å². The molecule has 10 atom stereocenters. The largest absolute Gasteiger partial charge is 0.379 e. The third-order valence-corrected chi connectivity index (χ3v) is 15.0. The number of methoxy groups -OCH3 is 2. The van der Waals surface area contributed by atoms with E-state index < -0.39 is 48.4 Å². The number of carbonyl (C=O) groups is 5. The number of thiazole rings is 1. The molecule has 0 spiro atoms. The van der Waals surface area contributed by atoms with Crippen LogP contribution in [-0.2, 0) is 44.6 Å². The molecule has 2 aliphatic rings. The zero-order valence-corrected chi connectivity index (χ0v) is 44.4. The Morgan fingerprint density at radius 3 is 2.23 bits per heavy atom. The molecule has 5 amide bonds. The SMILES string of the molecule is CC[C@H](C)[C@@H]([C@@H](CC(=O)N1CCC[C@H]1[C@H](OC)[C@@H](C)C(=O)N[C@@H](Cc1ccccc1)c1nccs1)OC)N(C)C(=O)[C@@H](NC(=O)[C@H](C(C)C)N(C)CCOCCON1C(=O)c2ccccc2C1O)C(C)C. The Hall–Kier alpha value is -4.82. The number of amides is 5. The lowest BCUT2D eigenvalue weighted by Gasteiger charge is -2.41. The van der Waals surface area contributed by atoms with Crippen LogP contribution in [0.5, 0.6) is 0 Å². The number of hydrogen-bond donors (Lipinski definition) is 3. The Morgan fingerprint density at radius 2 is 1.61 bits per heavy atom. The van der Waals surface area contributed by atoms with Gasteiger partial charge in [0, 0.05) is 57.1 Å². The summed E-state index contributed by atoms with van der Waals surface area (Å²) in [6.07, 6.45) is 1.99. The van der Waals surface area contributed by atoms with E-state index in [1.165, 1.54) is 11.3 Å². The molecule has 3 heterocycles. The number of rotatable bonds is 28. The van der Waals surface area contributed by atoms with E-state index in [1.54, 1.807) is 56.6 Å². The van der Waals surface area contributed by atoms with Crippen molar-refractivity contribution in [2.24, 2.45) is 23.7 Å². The third kappa shape index (κ3) is 14.5. The monoisotopic (exact) mass is 1010 g/mol. The molecule has 5 rings (SSSR count). The first kappa shape index (κ1) is 57.1. The highest BCUT2D eigenvalue weighted by Gasteiger charge is 2.44. The van der Waals surface area contributed by atoms with Crippen LogP contribution in [0.2, 0.25) is 0 Å². The number of benzene rings is 2. The molecular weight excluding hydrogens is 927 g/mol. The van der Waals surface area contributed by atoms with Crippen molar-refractivity contribution in [3.8, 4) is 0 Å². The van der Waals surface area contributed by atoms with Crippen molar-refractivity contribution >= 4 is 40.9 Å². The first-order chi connectivity index (χ1) is 33.9. The maximum absolute atomic E-state index is 14.7. The van der Waals surface area contributed by atoms with Gasteiger partial charge in [-0.05, 0) is 55.7 Å². The van der Waals surface area contributed by atoms with E-state index >= 15 is 0 Å². The van der Waals surface area contributed by atoms with E-state index in [-0.39, 0.29) is 79.7 Å². The normalized spacial score (nSPS) is 19.3. The van der Waals surface area contributed by atoms with Gasteiger partial charge in [0.05, 0.1) is 68.5 Å². The number of aliphatic hydroxyl groups excluding tert-OH is 1. The summed E-state index contributed by atoms with van der Waals surface area (Å²) in [5, 5.41) is 20.5. The Kier molecular flexibility index (Phi) is 21.9. The molecule has 0 radical (unpaired) electrons. The first-order valence-electron chi connectivity index (χ1n) is 25.1. The van der Waals surface area contributed by atoms with E-state index in [2.05, 4.69) is 15.6 Å². The number of likely N-dealkylation sites (N-methyl/N-ethyl adjacent to an activating group) is 2. The number of fused-ring (bicyclic) bond motifs is 1. The Bertz CT molecular complexity index is 2170. The summed E-state index contributed by atoms with van der Waals surface area (Å²) in [4.78, 5) is 85.5. The van der Waals surface area contributed by atoms with Crippen LogP contribution in [0.4, 0.5) is 0 Å². The lowest BCUT2D eigenvalue weighted by molar-refractivity contribution is -0.205. The van der Waals surface area contributed by atoms with Crippen LogP contribution >= 0.6 is 11.3 Å². The van der Waals surface area contributed by atoms with Gasteiger partial charge in [0.1, 0.15) is 11.0 Å². The molecule has 1 unspecified atom stereocenters. The number of aliphatic hydroxyl groups is 1. The van der Waals surface area contributed by atoms with E-state index in [1.807, 2.05) is 101 Å². The average Bonchev–Trinajstić information content (AvgIpc) is 4.13. The fraction of sp³-hybridized carbons (Fsp3) is 0.623. The molecule has 2 aromatic carbocycles. The number of nitrogens with one attached hydrogen (secondary N) is 2. The number of aromatic nitrogens is 1. The Balaban J connectivity index is 1.19. The van der Waals surface area contributed by atoms with E-state index in [9.17, 15) is 29.1 Å². The lowest BCUT2D eigenvalue weighted by atomic mass is 9.89. The van der Waals surface area contributed by atoms with Gasteiger partial charge < -0.3 is 39.8 Å².